The number of benzene rings is 1. The van der Waals surface area contributed by atoms with Crippen LogP contribution in [0.2, 0.25) is 0 Å². The quantitative estimate of drug-likeness (QED) is 0.582. The molecule has 0 aliphatic carbocycles. The highest BCUT2D eigenvalue weighted by Crippen LogP contribution is 2.13. The molecule has 0 saturated heterocycles. The van der Waals surface area contributed by atoms with E-state index >= 15 is 0 Å². The van der Waals surface area contributed by atoms with Gasteiger partial charge in [-0.05, 0) is 17.7 Å². The van der Waals surface area contributed by atoms with Gasteiger partial charge < -0.3 is 10.5 Å². The molecule has 0 unspecified atom stereocenters. The lowest BCUT2D eigenvalue weighted by atomic mass is 10.1. The molecule has 0 radical (unpaired) electrons. The van der Waals surface area contributed by atoms with Gasteiger partial charge >= 0.3 is 0 Å². The summed E-state index contributed by atoms with van der Waals surface area (Å²) in [6.07, 6.45) is 4.53. The third kappa shape index (κ3) is 2.71. The lowest BCUT2D eigenvalue weighted by molar-refractivity contribution is 0.112. The maximum Gasteiger partial charge on any atom is 0.152 e. The van der Waals surface area contributed by atoms with Gasteiger partial charge in [0.05, 0.1) is 6.61 Å². The molecule has 0 amide bonds. The van der Waals surface area contributed by atoms with Gasteiger partial charge in [-0.2, -0.15) is 0 Å². The molecule has 1 rings (SSSR count). The van der Waals surface area contributed by atoms with Crippen molar-refractivity contribution < 1.29 is 9.53 Å². The lowest BCUT2D eigenvalue weighted by Crippen LogP contribution is -1.92. The number of nitrogen functional groups attached to an aromatic ring is 1. The molecule has 0 aliphatic heterocycles. The van der Waals surface area contributed by atoms with E-state index in [0.29, 0.717) is 17.9 Å². The molecule has 74 valence electrons. The van der Waals surface area contributed by atoms with Crippen LogP contribution in [0.1, 0.15) is 15.9 Å². The summed E-state index contributed by atoms with van der Waals surface area (Å²) in [5.41, 5.74) is 7.62. The number of hydrogen-bond donors (Lipinski definition) is 1. The number of hydrogen-bond acceptors (Lipinski definition) is 3. The Kier molecular flexibility index (Phi) is 3.88. The Balaban J connectivity index is 2.81. The summed E-state index contributed by atoms with van der Waals surface area (Å²) < 4.78 is 4.86. The minimum Gasteiger partial charge on any atom is -0.398 e. The zero-order valence-corrected chi connectivity index (χ0v) is 8.07. The van der Waals surface area contributed by atoms with Gasteiger partial charge in [-0.15, -0.1) is 0 Å². The molecule has 3 heteroatoms. The Hall–Kier alpha value is -1.61. The number of carbonyl (C=O) groups is 1. The molecule has 0 bridgehead atoms. The van der Waals surface area contributed by atoms with Crippen molar-refractivity contribution in [3.63, 3.8) is 0 Å². The fourth-order valence-corrected chi connectivity index (χ4v) is 1.08. The number of carbonyl (C=O) groups excluding carboxylic acids is 1. The minimum atomic E-state index is 0.500. The van der Waals surface area contributed by atoms with E-state index in [0.717, 1.165) is 11.8 Å². The van der Waals surface area contributed by atoms with E-state index in [1.54, 1.807) is 19.2 Å². The van der Waals surface area contributed by atoms with E-state index in [1.807, 2.05) is 18.2 Å². The molecule has 3 nitrogen and oxygen atoms in total. The molecule has 0 saturated carbocycles. The smallest absolute Gasteiger partial charge is 0.152 e. The zero-order chi connectivity index (χ0) is 10.4. The molecule has 2 N–H and O–H groups in total. The molecule has 0 aromatic heterocycles. The average molecular weight is 191 g/mol. The van der Waals surface area contributed by atoms with Gasteiger partial charge in [-0.3, -0.25) is 4.79 Å². The Bertz CT molecular complexity index is 345. The Morgan fingerprint density at radius 2 is 2.29 bits per heavy atom. The van der Waals surface area contributed by atoms with E-state index in [-0.39, 0.29) is 0 Å². The average Bonchev–Trinajstić information content (AvgIpc) is 2.18. The van der Waals surface area contributed by atoms with Crippen LogP contribution in [0.5, 0.6) is 0 Å². The molecule has 1 aromatic carbocycles. The van der Waals surface area contributed by atoms with Crippen molar-refractivity contribution in [2.24, 2.45) is 0 Å². The fraction of sp³-hybridized carbons (Fsp3) is 0.182. The minimum absolute atomic E-state index is 0.500. The van der Waals surface area contributed by atoms with Crippen LogP contribution in [0.15, 0.2) is 24.3 Å². The second kappa shape index (κ2) is 5.19. The molecular weight excluding hydrogens is 178 g/mol. The van der Waals surface area contributed by atoms with Crippen LogP contribution < -0.4 is 5.73 Å². The first-order valence-corrected chi connectivity index (χ1v) is 4.28. The standard InChI is InChI=1S/C11H13NO2/c1-14-6-2-3-9-4-5-10(8-13)11(12)7-9/h2-5,7-8H,6,12H2,1H3/b3-2+. The predicted molar refractivity (Wildman–Crippen MR) is 57.2 cm³/mol. The van der Waals surface area contributed by atoms with Crippen molar-refractivity contribution in [2.75, 3.05) is 19.5 Å². The lowest BCUT2D eigenvalue weighted by Gasteiger charge is -1.99. The summed E-state index contributed by atoms with van der Waals surface area (Å²) in [5.74, 6) is 0. The van der Waals surface area contributed by atoms with Crippen molar-refractivity contribution >= 4 is 18.0 Å². The SMILES string of the molecule is COC/C=C/c1ccc(C=O)c(N)c1. The number of nitrogens with two attached hydrogens (primary N) is 1. The van der Waals surface area contributed by atoms with Gasteiger partial charge in [-0.1, -0.05) is 18.2 Å². The van der Waals surface area contributed by atoms with Crippen LogP contribution in [-0.4, -0.2) is 20.0 Å². The first-order valence-electron chi connectivity index (χ1n) is 4.28. The van der Waals surface area contributed by atoms with Gasteiger partial charge in [0, 0.05) is 18.4 Å². The summed E-state index contributed by atoms with van der Waals surface area (Å²) >= 11 is 0. The van der Waals surface area contributed by atoms with Crippen molar-refractivity contribution in [1.82, 2.24) is 0 Å². The molecule has 14 heavy (non-hydrogen) atoms. The predicted octanol–water partition coefficient (Wildman–Crippen LogP) is 1.74. The zero-order valence-electron chi connectivity index (χ0n) is 8.07. The van der Waals surface area contributed by atoms with Gasteiger partial charge in [0.15, 0.2) is 6.29 Å². The third-order valence-electron chi connectivity index (χ3n) is 1.81. The molecular formula is C11H13NO2. The maximum atomic E-state index is 10.5. The second-order valence-corrected chi connectivity index (χ2v) is 2.86. The largest absolute Gasteiger partial charge is 0.398 e. The number of ether oxygens (including phenoxy) is 1. The second-order valence-electron chi connectivity index (χ2n) is 2.86. The van der Waals surface area contributed by atoms with Crippen LogP contribution >= 0.6 is 0 Å². The Morgan fingerprint density at radius 3 is 2.86 bits per heavy atom. The van der Waals surface area contributed by atoms with E-state index in [2.05, 4.69) is 0 Å². The van der Waals surface area contributed by atoms with Gasteiger partial charge in [0.2, 0.25) is 0 Å². The molecule has 0 heterocycles. The summed E-state index contributed by atoms with van der Waals surface area (Å²) in [4.78, 5) is 10.5. The number of methoxy groups -OCH3 is 1. The van der Waals surface area contributed by atoms with E-state index < -0.39 is 0 Å². The third-order valence-corrected chi connectivity index (χ3v) is 1.81. The number of rotatable bonds is 4. The van der Waals surface area contributed by atoms with E-state index in [9.17, 15) is 4.79 Å². The first kappa shape index (κ1) is 10.5. The van der Waals surface area contributed by atoms with Crippen LogP contribution in [0.4, 0.5) is 5.69 Å². The molecule has 1 aromatic rings. The van der Waals surface area contributed by atoms with Crippen molar-refractivity contribution in [3.8, 4) is 0 Å². The van der Waals surface area contributed by atoms with Crippen LogP contribution in [-0.2, 0) is 4.74 Å². The topological polar surface area (TPSA) is 52.3 Å². The van der Waals surface area contributed by atoms with Gasteiger partial charge in [-0.25, -0.2) is 0 Å². The normalized spacial score (nSPS) is 10.6. The van der Waals surface area contributed by atoms with Crippen molar-refractivity contribution in [2.45, 2.75) is 0 Å². The summed E-state index contributed by atoms with van der Waals surface area (Å²) in [7, 11) is 1.63. The summed E-state index contributed by atoms with van der Waals surface area (Å²) in [5, 5.41) is 0. The van der Waals surface area contributed by atoms with Gasteiger partial charge in [0.1, 0.15) is 0 Å². The van der Waals surface area contributed by atoms with Gasteiger partial charge in [0.25, 0.3) is 0 Å². The van der Waals surface area contributed by atoms with E-state index in [1.165, 1.54) is 0 Å². The summed E-state index contributed by atoms with van der Waals surface area (Å²) in [6.45, 7) is 0.565. The monoisotopic (exact) mass is 191 g/mol. The maximum absolute atomic E-state index is 10.5. The van der Waals surface area contributed by atoms with Crippen molar-refractivity contribution in [1.29, 1.82) is 0 Å². The highest BCUT2D eigenvalue weighted by Gasteiger charge is 1.96. The highest BCUT2D eigenvalue weighted by atomic mass is 16.5. The Morgan fingerprint density at radius 1 is 1.50 bits per heavy atom. The van der Waals surface area contributed by atoms with Crippen molar-refractivity contribution in [3.05, 3.63) is 35.4 Å². The highest BCUT2D eigenvalue weighted by molar-refractivity contribution is 5.84. The summed E-state index contributed by atoms with van der Waals surface area (Å²) in [6, 6.07) is 5.30. The molecule has 0 aliphatic rings. The first-order chi connectivity index (χ1) is 6.77. The van der Waals surface area contributed by atoms with Crippen LogP contribution in [0.3, 0.4) is 0 Å². The number of aldehydes is 1. The van der Waals surface area contributed by atoms with Crippen LogP contribution in [0, 0.1) is 0 Å². The Labute approximate surface area is 83.2 Å². The number of anilines is 1. The van der Waals surface area contributed by atoms with E-state index in [4.69, 9.17) is 10.5 Å². The van der Waals surface area contributed by atoms with Crippen LogP contribution in [0.25, 0.3) is 6.08 Å². The molecule has 0 spiro atoms. The molecule has 0 atom stereocenters. The molecule has 0 fully saturated rings. The fourth-order valence-electron chi connectivity index (χ4n) is 1.08.